The van der Waals surface area contributed by atoms with Crippen LogP contribution in [-0.2, 0) is 12.8 Å². The number of hydrogen-bond donors (Lipinski definition) is 0. The van der Waals surface area contributed by atoms with Gasteiger partial charge in [0.15, 0.2) is 5.78 Å². The summed E-state index contributed by atoms with van der Waals surface area (Å²) in [4.78, 5) is 19.5. The molecule has 4 heteroatoms. The van der Waals surface area contributed by atoms with Crippen LogP contribution >= 0.6 is 27.3 Å². The lowest BCUT2D eigenvalue weighted by atomic mass is 10.0. The van der Waals surface area contributed by atoms with E-state index < -0.39 is 0 Å². The summed E-state index contributed by atoms with van der Waals surface area (Å²) >= 11 is 5.09. The van der Waals surface area contributed by atoms with E-state index in [-0.39, 0.29) is 5.78 Å². The number of aryl methyl sites for hydroxylation is 2. The molecule has 0 fully saturated rings. The van der Waals surface area contributed by atoms with Gasteiger partial charge in [0.25, 0.3) is 0 Å². The first-order valence-electron chi connectivity index (χ1n) is 8.25. The van der Waals surface area contributed by atoms with Gasteiger partial charge in [-0.1, -0.05) is 41.4 Å². The highest BCUT2D eigenvalue weighted by molar-refractivity contribution is 9.10. The monoisotopic (exact) mass is 401 g/mol. The summed E-state index contributed by atoms with van der Waals surface area (Å²) in [6.45, 7) is 4.21. The lowest BCUT2D eigenvalue weighted by Gasteiger charge is -2.04. The van der Waals surface area contributed by atoms with Crippen molar-refractivity contribution >= 4 is 43.3 Å². The SMILES string of the molecule is CCCCc1c(CC(=O)c2ccc(Br)cc2)sc2nc(C)ccc12. The van der Waals surface area contributed by atoms with E-state index in [4.69, 9.17) is 0 Å². The van der Waals surface area contributed by atoms with E-state index in [0.717, 1.165) is 39.8 Å². The number of hydrogen-bond acceptors (Lipinski definition) is 3. The molecule has 2 aromatic heterocycles. The van der Waals surface area contributed by atoms with Crippen LogP contribution in [0.15, 0.2) is 40.9 Å². The third-order valence-electron chi connectivity index (χ3n) is 4.15. The summed E-state index contributed by atoms with van der Waals surface area (Å²) < 4.78 is 0.990. The summed E-state index contributed by atoms with van der Waals surface area (Å²) in [5.41, 5.74) is 3.10. The third-order valence-corrected chi connectivity index (χ3v) is 5.82. The summed E-state index contributed by atoms with van der Waals surface area (Å²) in [6.07, 6.45) is 3.76. The minimum atomic E-state index is 0.170. The van der Waals surface area contributed by atoms with Crippen LogP contribution in [0, 0.1) is 6.92 Å². The standard InChI is InChI=1S/C20H20BrNOS/c1-3-4-5-16-17-11-6-13(2)22-20(17)24-19(16)12-18(23)14-7-9-15(21)10-8-14/h6-11H,3-5,12H2,1-2H3. The zero-order valence-corrected chi connectivity index (χ0v) is 16.3. The summed E-state index contributed by atoms with van der Waals surface area (Å²) in [7, 11) is 0. The van der Waals surface area contributed by atoms with Crippen molar-refractivity contribution in [1.29, 1.82) is 0 Å². The lowest BCUT2D eigenvalue weighted by molar-refractivity contribution is 0.0993. The number of pyridine rings is 1. The Morgan fingerprint density at radius 2 is 1.92 bits per heavy atom. The number of rotatable bonds is 6. The average Bonchev–Trinajstić information content (AvgIpc) is 2.89. The number of carbonyl (C=O) groups excluding carboxylic acids is 1. The van der Waals surface area contributed by atoms with Crippen LogP contribution in [0.3, 0.4) is 0 Å². The molecule has 24 heavy (non-hydrogen) atoms. The van der Waals surface area contributed by atoms with Crippen molar-refractivity contribution in [2.75, 3.05) is 0 Å². The first kappa shape index (κ1) is 17.3. The number of halogens is 1. The Labute approximate surface area is 155 Å². The predicted molar refractivity (Wildman–Crippen MR) is 105 cm³/mol. The maximum atomic E-state index is 12.7. The zero-order chi connectivity index (χ0) is 17.1. The number of nitrogens with zero attached hydrogens (tertiary/aromatic N) is 1. The van der Waals surface area contributed by atoms with E-state index in [2.05, 4.69) is 40.0 Å². The summed E-state index contributed by atoms with van der Waals surface area (Å²) in [5.74, 6) is 0.170. The van der Waals surface area contributed by atoms with Gasteiger partial charge in [-0.05, 0) is 49.6 Å². The second kappa shape index (κ2) is 7.58. The van der Waals surface area contributed by atoms with Crippen LogP contribution < -0.4 is 0 Å². The molecule has 1 aromatic carbocycles. The largest absolute Gasteiger partial charge is 0.294 e. The molecule has 0 aliphatic rings. The highest BCUT2D eigenvalue weighted by Crippen LogP contribution is 2.32. The quantitative estimate of drug-likeness (QED) is 0.464. The van der Waals surface area contributed by atoms with Gasteiger partial charge >= 0.3 is 0 Å². The molecule has 0 spiro atoms. The van der Waals surface area contributed by atoms with Crippen LogP contribution in [0.5, 0.6) is 0 Å². The van der Waals surface area contributed by atoms with E-state index >= 15 is 0 Å². The van der Waals surface area contributed by atoms with Crippen LogP contribution in [0.2, 0.25) is 0 Å². The van der Waals surface area contributed by atoms with Crippen LogP contribution in [0.25, 0.3) is 10.2 Å². The van der Waals surface area contributed by atoms with Gasteiger partial charge in [-0.15, -0.1) is 11.3 Å². The van der Waals surface area contributed by atoms with E-state index in [9.17, 15) is 4.79 Å². The second-order valence-corrected chi connectivity index (χ2v) is 8.02. The molecule has 0 radical (unpaired) electrons. The Hall–Kier alpha value is -1.52. The Morgan fingerprint density at radius 1 is 1.17 bits per heavy atom. The Morgan fingerprint density at radius 3 is 2.62 bits per heavy atom. The van der Waals surface area contributed by atoms with Crippen LogP contribution in [-0.4, -0.2) is 10.8 Å². The molecular weight excluding hydrogens is 382 g/mol. The molecule has 2 heterocycles. The maximum absolute atomic E-state index is 12.7. The number of unbranched alkanes of at least 4 members (excludes halogenated alkanes) is 1. The highest BCUT2D eigenvalue weighted by Gasteiger charge is 2.16. The van der Waals surface area contributed by atoms with Crippen LogP contribution in [0.4, 0.5) is 0 Å². The zero-order valence-electron chi connectivity index (χ0n) is 13.9. The van der Waals surface area contributed by atoms with Crippen molar-refractivity contribution in [1.82, 2.24) is 4.98 Å². The van der Waals surface area contributed by atoms with Gasteiger partial charge in [-0.25, -0.2) is 4.98 Å². The van der Waals surface area contributed by atoms with Crippen molar-refractivity contribution in [3.8, 4) is 0 Å². The number of thiophene rings is 1. The van der Waals surface area contributed by atoms with E-state index in [0.29, 0.717) is 6.42 Å². The number of benzene rings is 1. The molecule has 3 aromatic rings. The second-order valence-electron chi connectivity index (χ2n) is 6.02. The normalized spacial score (nSPS) is 11.1. The van der Waals surface area contributed by atoms with Gasteiger partial charge in [0.1, 0.15) is 4.83 Å². The fourth-order valence-corrected chi connectivity index (χ4v) is 4.35. The molecule has 0 aliphatic heterocycles. The number of fused-ring (bicyclic) bond motifs is 1. The van der Waals surface area contributed by atoms with Gasteiger partial charge in [-0.3, -0.25) is 4.79 Å². The number of ketones is 1. The number of carbonyl (C=O) groups is 1. The Bertz CT molecular complexity index is 867. The third kappa shape index (κ3) is 3.76. The molecule has 2 nitrogen and oxygen atoms in total. The molecule has 0 aliphatic carbocycles. The maximum Gasteiger partial charge on any atom is 0.168 e. The molecule has 0 amide bonds. The smallest absolute Gasteiger partial charge is 0.168 e. The minimum absolute atomic E-state index is 0.170. The fourth-order valence-electron chi connectivity index (χ4n) is 2.82. The van der Waals surface area contributed by atoms with Crippen molar-refractivity contribution in [3.05, 3.63) is 62.6 Å². The molecule has 0 N–H and O–H groups in total. The van der Waals surface area contributed by atoms with Crippen molar-refractivity contribution < 1.29 is 4.79 Å². The first-order valence-corrected chi connectivity index (χ1v) is 9.86. The number of Topliss-reactive ketones (excluding diaryl/α,β-unsaturated/α-hetero) is 1. The van der Waals surface area contributed by atoms with E-state index in [1.54, 1.807) is 11.3 Å². The molecule has 0 atom stereocenters. The Balaban J connectivity index is 1.95. The summed E-state index contributed by atoms with van der Waals surface area (Å²) in [6, 6.07) is 11.8. The topological polar surface area (TPSA) is 30.0 Å². The van der Waals surface area contributed by atoms with Crippen LogP contribution in [0.1, 0.15) is 46.3 Å². The van der Waals surface area contributed by atoms with E-state index in [1.807, 2.05) is 31.2 Å². The molecule has 0 saturated heterocycles. The predicted octanol–water partition coefficient (Wildman–Crippen LogP) is 6.14. The van der Waals surface area contributed by atoms with Gasteiger partial charge in [0, 0.05) is 32.4 Å². The van der Waals surface area contributed by atoms with Gasteiger partial charge in [0.2, 0.25) is 0 Å². The first-order chi connectivity index (χ1) is 11.6. The number of aromatic nitrogens is 1. The average molecular weight is 402 g/mol. The van der Waals surface area contributed by atoms with Gasteiger partial charge in [0.05, 0.1) is 0 Å². The molecule has 0 bridgehead atoms. The molecular formula is C20H20BrNOS. The van der Waals surface area contributed by atoms with Crippen molar-refractivity contribution in [3.63, 3.8) is 0 Å². The summed E-state index contributed by atoms with van der Waals surface area (Å²) in [5, 5.41) is 1.22. The lowest BCUT2D eigenvalue weighted by Crippen LogP contribution is -2.04. The van der Waals surface area contributed by atoms with Crippen molar-refractivity contribution in [2.24, 2.45) is 0 Å². The molecule has 124 valence electrons. The van der Waals surface area contributed by atoms with Gasteiger partial charge < -0.3 is 0 Å². The van der Waals surface area contributed by atoms with Crippen molar-refractivity contribution in [2.45, 2.75) is 39.5 Å². The fraction of sp³-hybridized carbons (Fsp3) is 0.300. The van der Waals surface area contributed by atoms with E-state index in [1.165, 1.54) is 15.8 Å². The van der Waals surface area contributed by atoms with Gasteiger partial charge in [-0.2, -0.15) is 0 Å². The minimum Gasteiger partial charge on any atom is -0.294 e. The Kier molecular flexibility index (Phi) is 5.47. The highest BCUT2D eigenvalue weighted by atomic mass is 79.9. The molecule has 3 rings (SSSR count). The molecule has 0 unspecified atom stereocenters. The molecule has 0 saturated carbocycles.